The third-order valence-corrected chi connectivity index (χ3v) is 6.45. The summed E-state index contributed by atoms with van der Waals surface area (Å²) >= 11 is 1.89. The summed E-state index contributed by atoms with van der Waals surface area (Å²) in [5.74, 6) is 2.07. The Kier molecular flexibility index (Phi) is 7.32. The lowest BCUT2D eigenvalue weighted by Gasteiger charge is -2.32. The normalized spacial score (nSPS) is 19.6. The first-order chi connectivity index (χ1) is 15.2. The Bertz CT molecular complexity index is 913. The van der Waals surface area contributed by atoms with E-state index in [0.29, 0.717) is 11.4 Å². The van der Waals surface area contributed by atoms with Crippen molar-refractivity contribution in [3.05, 3.63) is 54.6 Å². The van der Waals surface area contributed by atoms with Gasteiger partial charge < -0.3 is 10.2 Å². The average Bonchev–Trinajstić information content (AvgIpc) is 3.27. The van der Waals surface area contributed by atoms with Crippen molar-refractivity contribution in [2.75, 3.05) is 43.0 Å². The minimum Gasteiger partial charge on any atom is -0.340 e. The lowest BCUT2D eigenvalue weighted by Crippen LogP contribution is -2.49. The first kappa shape index (κ1) is 21.5. The Morgan fingerprint density at radius 2 is 1.61 bits per heavy atom. The molecule has 1 atom stereocenters. The third-order valence-electron chi connectivity index (χ3n) is 5.51. The maximum absolute atomic E-state index is 12.9. The molecule has 2 aliphatic heterocycles. The first-order valence-electron chi connectivity index (χ1n) is 10.7. The van der Waals surface area contributed by atoms with Crippen LogP contribution in [0.4, 0.5) is 17.1 Å². The van der Waals surface area contributed by atoms with Gasteiger partial charge in [-0.25, -0.2) is 0 Å². The zero-order valence-electron chi connectivity index (χ0n) is 17.4. The number of rotatable bonds is 6. The molecule has 2 aliphatic rings. The number of carbonyl (C=O) groups excluding carboxylic acids is 2. The van der Waals surface area contributed by atoms with E-state index in [1.807, 2.05) is 76.2 Å². The van der Waals surface area contributed by atoms with Gasteiger partial charge in [0.2, 0.25) is 11.8 Å². The molecule has 2 aromatic rings. The van der Waals surface area contributed by atoms with E-state index in [2.05, 4.69) is 15.5 Å². The number of anilines is 1. The van der Waals surface area contributed by atoms with Crippen molar-refractivity contribution >= 4 is 40.6 Å². The SMILES string of the molecule is O=C(CN1CCCC1C(=O)N1CCSCC1)Nc1ccc(N=Nc2ccccc2)cc1. The Morgan fingerprint density at radius 3 is 2.32 bits per heavy atom. The number of nitrogens with zero attached hydrogens (tertiary/aromatic N) is 4. The summed E-state index contributed by atoms with van der Waals surface area (Å²) < 4.78 is 0. The van der Waals surface area contributed by atoms with E-state index in [0.717, 1.165) is 49.7 Å². The molecular formula is C23H27N5O2S. The van der Waals surface area contributed by atoms with Crippen molar-refractivity contribution in [2.45, 2.75) is 18.9 Å². The molecule has 31 heavy (non-hydrogen) atoms. The minimum atomic E-state index is -0.172. The number of carbonyl (C=O) groups is 2. The molecule has 2 aromatic carbocycles. The van der Waals surface area contributed by atoms with E-state index in [1.165, 1.54) is 0 Å². The molecule has 4 rings (SSSR count). The largest absolute Gasteiger partial charge is 0.340 e. The van der Waals surface area contributed by atoms with Gasteiger partial charge in [0.25, 0.3) is 0 Å². The van der Waals surface area contributed by atoms with Crippen molar-refractivity contribution in [3.63, 3.8) is 0 Å². The Labute approximate surface area is 186 Å². The highest BCUT2D eigenvalue weighted by Gasteiger charge is 2.34. The van der Waals surface area contributed by atoms with Crippen LogP contribution < -0.4 is 5.32 Å². The molecule has 0 aromatic heterocycles. The predicted octanol–water partition coefficient (Wildman–Crippen LogP) is 4.08. The molecule has 0 aliphatic carbocycles. The van der Waals surface area contributed by atoms with E-state index in [4.69, 9.17) is 0 Å². The summed E-state index contributed by atoms with van der Waals surface area (Å²) in [6.07, 6.45) is 1.78. The Morgan fingerprint density at radius 1 is 0.935 bits per heavy atom. The van der Waals surface area contributed by atoms with Gasteiger partial charge in [0, 0.05) is 30.3 Å². The molecule has 2 saturated heterocycles. The Hall–Kier alpha value is -2.71. The van der Waals surface area contributed by atoms with Gasteiger partial charge in [-0.15, -0.1) is 0 Å². The van der Waals surface area contributed by atoms with Gasteiger partial charge in [0.1, 0.15) is 0 Å². The number of amides is 2. The topological polar surface area (TPSA) is 77.4 Å². The van der Waals surface area contributed by atoms with Crippen molar-refractivity contribution in [1.29, 1.82) is 0 Å². The molecule has 0 bridgehead atoms. The van der Waals surface area contributed by atoms with Gasteiger partial charge in [-0.2, -0.15) is 22.0 Å². The molecule has 162 valence electrons. The second-order valence-electron chi connectivity index (χ2n) is 7.70. The van der Waals surface area contributed by atoms with Gasteiger partial charge >= 0.3 is 0 Å². The number of hydrogen-bond donors (Lipinski definition) is 1. The van der Waals surface area contributed by atoms with Crippen molar-refractivity contribution in [2.24, 2.45) is 10.2 Å². The van der Waals surface area contributed by atoms with Crippen LogP contribution in [0.2, 0.25) is 0 Å². The van der Waals surface area contributed by atoms with Crippen LogP contribution in [0.3, 0.4) is 0 Å². The summed E-state index contributed by atoms with van der Waals surface area (Å²) in [6, 6.07) is 16.6. The molecular weight excluding hydrogens is 410 g/mol. The maximum atomic E-state index is 12.9. The highest BCUT2D eigenvalue weighted by atomic mass is 32.2. The second-order valence-corrected chi connectivity index (χ2v) is 8.92. The van der Waals surface area contributed by atoms with Crippen LogP contribution in [0, 0.1) is 0 Å². The van der Waals surface area contributed by atoms with Gasteiger partial charge in [-0.05, 0) is 55.8 Å². The molecule has 2 amide bonds. The quantitative estimate of drug-likeness (QED) is 0.691. The Balaban J connectivity index is 1.29. The summed E-state index contributed by atoms with van der Waals surface area (Å²) in [5, 5.41) is 11.3. The van der Waals surface area contributed by atoms with Crippen LogP contribution in [0.1, 0.15) is 12.8 Å². The second kappa shape index (κ2) is 10.5. The van der Waals surface area contributed by atoms with Gasteiger partial charge in [0.05, 0.1) is 24.0 Å². The molecule has 0 spiro atoms. The van der Waals surface area contributed by atoms with Gasteiger partial charge in [-0.1, -0.05) is 18.2 Å². The first-order valence-corrected chi connectivity index (χ1v) is 11.8. The molecule has 0 saturated carbocycles. The van der Waals surface area contributed by atoms with E-state index in [-0.39, 0.29) is 24.4 Å². The molecule has 7 nitrogen and oxygen atoms in total. The van der Waals surface area contributed by atoms with Crippen molar-refractivity contribution < 1.29 is 9.59 Å². The van der Waals surface area contributed by atoms with Gasteiger partial charge in [-0.3, -0.25) is 14.5 Å². The fourth-order valence-electron chi connectivity index (χ4n) is 3.90. The molecule has 2 fully saturated rings. The molecule has 1 N–H and O–H groups in total. The van der Waals surface area contributed by atoms with E-state index >= 15 is 0 Å². The number of hydrogen-bond acceptors (Lipinski definition) is 6. The van der Waals surface area contributed by atoms with Gasteiger partial charge in [0.15, 0.2) is 0 Å². The maximum Gasteiger partial charge on any atom is 0.239 e. The summed E-state index contributed by atoms with van der Waals surface area (Å²) in [7, 11) is 0. The summed E-state index contributed by atoms with van der Waals surface area (Å²) in [5.41, 5.74) is 2.21. The fraction of sp³-hybridized carbons (Fsp3) is 0.391. The highest BCUT2D eigenvalue weighted by Crippen LogP contribution is 2.22. The van der Waals surface area contributed by atoms with Crippen LogP contribution in [0.15, 0.2) is 64.8 Å². The van der Waals surface area contributed by atoms with Crippen LogP contribution in [-0.2, 0) is 9.59 Å². The lowest BCUT2D eigenvalue weighted by molar-refractivity contribution is -0.136. The van der Waals surface area contributed by atoms with Crippen molar-refractivity contribution in [1.82, 2.24) is 9.80 Å². The van der Waals surface area contributed by atoms with Crippen molar-refractivity contribution in [3.8, 4) is 0 Å². The smallest absolute Gasteiger partial charge is 0.239 e. The number of azo groups is 1. The van der Waals surface area contributed by atoms with Crippen LogP contribution in [-0.4, -0.2) is 65.3 Å². The summed E-state index contributed by atoms with van der Waals surface area (Å²) in [6.45, 7) is 2.64. The molecule has 2 heterocycles. The zero-order chi connectivity index (χ0) is 21.5. The number of nitrogens with one attached hydrogen (secondary N) is 1. The fourth-order valence-corrected chi connectivity index (χ4v) is 4.80. The third kappa shape index (κ3) is 5.92. The summed E-state index contributed by atoms with van der Waals surface area (Å²) in [4.78, 5) is 29.4. The van der Waals surface area contributed by atoms with Crippen LogP contribution in [0.25, 0.3) is 0 Å². The standard InChI is InChI=1S/C23H27N5O2S/c29-22(17-28-12-4-7-21(28)23(30)27-13-15-31-16-14-27)24-18-8-10-20(11-9-18)26-25-19-5-2-1-3-6-19/h1-3,5-6,8-11,21H,4,7,12-17H2,(H,24,29). The number of thioether (sulfide) groups is 1. The lowest BCUT2D eigenvalue weighted by atomic mass is 10.2. The molecule has 1 unspecified atom stereocenters. The average molecular weight is 438 g/mol. The van der Waals surface area contributed by atoms with Crippen LogP contribution >= 0.6 is 11.8 Å². The molecule has 8 heteroatoms. The van der Waals surface area contributed by atoms with E-state index < -0.39 is 0 Å². The number of benzene rings is 2. The highest BCUT2D eigenvalue weighted by molar-refractivity contribution is 7.99. The molecule has 0 radical (unpaired) electrons. The number of likely N-dealkylation sites (tertiary alicyclic amines) is 1. The predicted molar refractivity (Wildman–Crippen MR) is 124 cm³/mol. The zero-order valence-corrected chi connectivity index (χ0v) is 18.3. The minimum absolute atomic E-state index is 0.104. The van der Waals surface area contributed by atoms with E-state index in [1.54, 1.807) is 0 Å². The van der Waals surface area contributed by atoms with Crippen LogP contribution in [0.5, 0.6) is 0 Å². The van der Waals surface area contributed by atoms with E-state index in [9.17, 15) is 9.59 Å². The monoisotopic (exact) mass is 437 g/mol.